The van der Waals surface area contributed by atoms with E-state index < -0.39 is 0 Å². The maximum Gasteiger partial charge on any atom is -0.0414 e. The summed E-state index contributed by atoms with van der Waals surface area (Å²) in [7, 11) is 0. The molecule has 32 heavy (non-hydrogen) atoms. The number of unbranched alkanes of at least 4 members (excludes halogenated alkanes) is 24. The van der Waals surface area contributed by atoms with Crippen molar-refractivity contribution < 1.29 is 0 Å². The molecule has 1 radical (unpaired) electrons. The van der Waals surface area contributed by atoms with E-state index in [1.165, 1.54) is 180 Å². The van der Waals surface area contributed by atoms with Crippen molar-refractivity contribution in [3.63, 3.8) is 0 Å². The lowest BCUT2D eigenvalue weighted by Crippen LogP contribution is -1.95. The SMILES string of the molecule is [CH2]C(CCCCCCCC)CCCCCCCCCCCCCCCCCCCCCC. The molecule has 0 aromatic carbocycles. The Morgan fingerprint density at radius 2 is 0.500 bits per heavy atom. The molecule has 0 rings (SSSR count). The van der Waals surface area contributed by atoms with Gasteiger partial charge in [0.15, 0.2) is 0 Å². The quantitative estimate of drug-likeness (QED) is 0.104. The molecule has 0 bridgehead atoms. The first-order valence-corrected chi connectivity index (χ1v) is 15.6. The Hall–Kier alpha value is 0. The number of hydrogen-bond acceptors (Lipinski definition) is 0. The number of hydrogen-bond donors (Lipinski definition) is 0. The third kappa shape index (κ3) is 28.0. The van der Waals surface area contributed by atoms with E-state index in [1.807, 2.05) is 0 Å². The topological polar surface area (TPSA) is 0 Å². The van der Waals surface area contributed by atoms with Gasteiger partial charge in [0, 0.05) is 0 Å². The summed E-state index contributed by atoms with van der Waals surface area (Å²) in [6, 6.07) is 0. The van der Waals surface area contributed by atoms with Gasteiger partial charge in [0.1, 0.15) is 0 Å². The van der Waals surface area contributed by atoms with Crippen molar-refractivity contribution in [3.05, 3.63) is 6.92 Å². The van der Waals surface area contributed by atoms with Crippen LogP contribution in [0.3, 0.4) is 0 Å². The normalized spacial score (nSPS) is 12.5. The van der Waals surface area contributed by atoms with E-state index in [0.29, 0.717) is 0 Å². The third-order valence-electron chi connectivity index (χ3n) is 7.43. The zero-order chi connectivity index (χ0) is 23.4. The van der Waals surface area contributed by atoms with Crippen molar-refractivity contribution >= 4 is 0 Å². The molecule has 0 saturated heterocycles. The molecule has 193 valence electrons. The van der Waals surface area contributed by atoms with E-state index in [0.717, 1.165) is 5.92 Å². The summed E-state index contributed by atoms with van der Waals surface area (Å²) in [4.78, 5) is 0. The van der Waals surface area contributed by atoms with Crippen LogP contribution in [0.2, 0.25) is 0 Å². The Morgan fingerprint density at radius 1 is 0.312 bits per heavy atom. The average Bonchev–Trinajstić information content (AvgIpc) is 2.80. The fourth-order valence-electron chi connectivity index (χ4n) is 5.05. The smallest absolute Gasteiger partial charge is 0.0414 e. The maximum absolute atomic E-state index is 4.39. The van der Waals surface area contributed by atoms with Crippen LogP contribution in [0.25, 0.3) is 0 Å². The Labute approximate surface area is 206 Å². The molecule has 0 spiro atoms. The summed E-state index contributed by atoms with van der Waals surface area (Å²) in [6.45, 7) is 8.99. The first kappa shape index (κ1) is 32.0. The van der Waals surface area contributed by atoms with E-state index in [-0.39, 0.29) is 0 Å². The molecule has 0 N–H and O–H groups in total. The van der Waals surface area contributed by atoms with Crippen molar-refractivity contribution in [1.82, 2.24) is 0 Å². The molecule has 0 heterocycles. The molecule has 0 aromatic heterocycles. The van der Waals surface area contributed by atoms with Crippen LogP contribution >= 0.6 is 0 Å². The van der Waals surface area contributed by atoms with E-state index in [2.05, 4.69) is 20.8 Å². The summed E-state index contributed by atoms with van der Waals surface area (Å²) in [6.07, 6.45) is 40.6. The predicted molar refractivity (Wildman–Crippen MR) is 149 cm³/mol. The number of rotatable bonds is 28. The summed E-state index contributed by atoms with van der Waals surface area (Å²) in [5, 5.41) is 0. The van der Waals surface area contributed by atoms with Crippen LogP contribution < -0.4 is 0 Å². The maximum atomic E-state index is 4.39. The van der Waals surface area contributed by atoms with Crippen LogP contribution in [0.1, 0.15) is 194 Å². The van der Waals surface area contributed by atoms with E-state index in [1.54, 1.807) is 0 Å². The second-order valence-corrected chi connectivity index (χ2v) is 10.9. The highest BCUT2D eigenvalue weighted by molar-refractivity contribution is 4.62. The predicted octanol–water partition coefficient (Wildman–Crippen LogP) is 12.4. The Balaban J connectivity index is 3.09. The highest BCUT2D eigenvalue weighted by atomic mass is 14.1. The third-order valence-corrected chi connectivity index (χ3v) is 7.43. The standard InChI is InChI=1S/C32H65/c1-4-6-8-10-12-13-14-15-16-17-18-19-20-21-22-23-24-25-27-29-31-32(3)30-28-26-11-9-7-5-2/h32H,3-31H2,1-2H3. The highest BCUT2D eigenvalue weighted by Crippen LogP contribution is 2.19. The highest BCUT2D eigenvalue weighted by Gasteiger charge is 2.02. The fraction of sp³-hybridized carbons (Fsp3) is 0.969. The van der Waals surface area contributed by atoms with Gasteiger partial charge in [-0.15, -0.1) is 0 Å². The molecular weight excluding hydrogens is 384 g/mol. The zero-order valence-electron chi connectivity index (χ0n) is 23.1. The first-order valence-electron chi connectivity index (χ1n) is 15.6. The van der Waals surface area contributed by atoms with Crippen LogP contribution in [0.5, 0.6) is 0 Å². The van der Waals surface area contributed by atoms with Crippen LogP contribution in [-0.2, 0) is 0 Å². The van der Waals surface area contributed by atoms with Gasteiger partial charge in [0.2, 0.25) is 0 Å². The van der Waals surface area contributed by atoms with Gasteiger partial charge < -0.3 is 0 Å². The van der Waals surface area contributed by atoms with Crippen molar-refractivity contribution in [3.8, 4) is 0 Å². The minimum Gasteiger partial charge on any atom is -0.0654 e. The molecule has 1 atom stereocenters. The van der Waals surface area contributed by atoms with E-state index in [9.17, 15) is 0 Å². The minimum absolute atomic E-state index is 0.719. The molecule has 0 nitrogen and oxygen atoms in total. The second-order valence-electron chi connectivity index (χ2n) is 10.9. The first-order chi connectivity index (χ1) is 15.8. The Morgan fingerprint density at radius 3 is 0.719 bits per heavy atom. The lowest BCUT2D eigenvalue weighted by molar-refractivity contribution is 0.461. The van der Waals surface area contributed by atoms with E-state index in [4.69, 9.17) is 0 Å². The van der Waals surface area contributed by atoms with Gasteiger partial charge in [-0.05, 0) is 5.92 Å². The lowest BCUT2D eigenvalue weighted by atomic mass is 9.96. The molecule has 0 fully saturated rings. The van der Waals surface area contributed by atoms with E-state index >= 15 is 0 Å². The second kappa shape index (κ2) is 29.0. The molecule has 1 unspecified atom stereocenters. The van der Waals surface area contributed by atoms with Crippen molar-refractivity contribution in [1.29, 1.82) is 0 Å². The van der Waals surface area contributed by atoms with Crippen LogP contribution in [-0.4, -0.2) is 0 Å². The van der Waals surface area contributed by atoms with Gasteiger partial charge in [-0.3, -0.25) is 0 Å². The van der Waals surface area contributed by atoms with Crippen molar-refractivity contribution in [2.24, 2.45) is 5.92 Å². The summed E-state index contributed by atoms with van der Waals surface area (Å²) >= 11 is 0. The van der Waals surface area contributed by atoms with Crippen molar-refractivity contribution in [2.45, 2.75) is 194 Å². The van der Waals surface area contributed by atoms with Gasteiger partial charge in [-0.1, -0.05) is 201 Å². The molecule has 0 saturated carbocycles. The largest absolute Gasteiger partial charge is 0.0654 e. The lowest BCUT2D eigenvalue weighted by Gasteiger charge is -2.11. The molecule has 0 amide bonds. The van der Waals surface area contributed by atoms with Gasteiger partial charge >= 0.3 is 0 Å². The van der Waals surface area contributed by atoms with Crippen LogP contribution in [0.15, 0.2) is 0 Å². The molecule has 0 heteroatoms. The van der Waals surface area contributed by atoms with Gasteiger partial charge in [0.25, 0.3) is 0 Å². The monoisotopic (exact) mass is 450 g/mol. The van der Waals surface area contributed by atoms with Gasteiger partial charge in [0.05, 0.1) is 0 Å². The zero-order valence-corrected chi connectivity index (χ0v) is 23.1. The summed E-state index contributed by atoms with van der Waals surface area (Å²) < 4.78 is 0. The average molecular weight is 450 g/mol. The molecule has 0 aliphatic heterocycles. The molecule has 0 aliphatic carbocycles. The Bertz CT molecular complexity index is 307. The Kier molecular flexibility index (Phi) is 29.0. The molecular formula is C32H65. The van der Waals surface area contributed by atoms with Crippen LogP contribution in [0.4, 0.5) is 0 Å². The van der Waals surface area contributed by atoms with Gasteiger partial charge in [-0.2, -0.15) is 0 Å². The molecule has 0 aliphatic rings. The minimum atomic E-state index is 0.719. The summed E-state index contributed by atoms with van der Waals surface area (Å²) in [5.74, 6) is 0.719. The molecule has 0 aromatic rings. The van der Waals surface area contributed by atoms with Crippen molar-refractivity contribution in [2.75, 3.05) is 0 Å². The summed E-state index contributed by atoms with van der Waals surface area (Å²) in [5.41, 5.74) is 0. The van der Waals surface area contributed by atoms with Crippen LogP contribution in [0, 0.1) is 12.8 Å². The van der Waals surface area contributed by atoms with Gasteiger partial charge in [-0.25, -0.2) is 0 Å². The fourth-order valence-corrected chi connectivity index (χ4v) is 5.05.